The van der Waals surface area contributed by atoms with Crippen LogP contribution in [0.1, 0.15) is 10.4 Å². The minimum Gasteiger partial charge on any atom is -0.478 e. The molecule has 0 heterocycles. The third kappa shape index (κ3) is 1.86. The van der Waals surface area contributed by atoms with Crippen LogP contribution < -0.4 is 5.32 Å². The number of carbonyl (C=O) groups is 2. The number of carboxylic acids is 1. The first kappa shape index (κ1) is 10.2. The van der Waals surface area contributed by atoms with Gasteiger partial charge in [0, 0.05) is 5.69 Å². The van der Waals surface area contributed by atoms with E-state index >= 15 is 0 Å². The summed E-state index contributed by atoms with van der Waals surface area (Å²) in [6.45, 7) is 0. The molecule has 2 aromatic carbocycles. The molecule has 0 saturated carbocycles. The van der Waals surface area contributed by atoms with E-state index in [1.165, 1.54) is 6.07 Å². The number of aromatic carboxylic acids is 1. The van der Waals surface area contributed by atoms with E-state index in [4.69, 9.17) is 5.11 Å². The van der Waals surface area contributed by atoms with Crippen molar-refractivity contribution in [2.24, 2.45) is 0 Å². The Kier molecular flexibility index (Phi) is 2.55. The van der Waals surface area contributed by atoms with Gasteiger partial charge in [-0.05, 0) is 35.0 Å². The zero-order valence-electron chi connectivity index (χ0n) is 8.31. The number of benzene rings is 2. The summed E-state index contributed by atoms with van der Waals surface area (Å²) in [7, 11) is 0. The van der Waals surface area contributed by atoms with E-state index in [1.807, 2.05) is 0 Å². The molecule has 0 bridgehead atoms. The number of rotatable bonds is 3. The topological polar surface area (TPSA) is 66.4 Å². The molecule has 4 nitrogen and oxygen atoms in total. The highest BCUT2D eigenvalue weighted by Gasteiger charge is 2.03. The molecule has 2 N–H and O–H groups in total. The van der Waals surface area contributed by atoms with Gasteiger partial charge in [0.25, 0.3) is 0 Å². The van der Waals surface area contributed by atoms with Crippen molar-refractivity contribution in [3.8, 4) is 0 Å². The molecule has 0 aliphatic carbocycles. The summed E-state index contributed by atoms with van der Waals surface area (Å²) in [5.74, 6) is -0.947. The summed E-state index contributed by atoms with van der Waals surface area (Å²) < 4.78 is 0. The lowest BCUT2D eigenvalue weighted by atomic mass is 10.1. The Morgan fingerprint density at radius 2 is 1.81 bits per heavy atom. The Hall–Kier alpha value is -2.36. The van der Waals surface area contributed by atoms with Crippen LogP contribution in [0.15, 0.2) is 36.4 Å². The highest BCUT2D eigenvalue weighted by atomic mass is 16.4. The maximum Gasteiger partial charge on any atom is 0.335 e. The number of amides is 1. The van der Waals surface area contributed by atoms with Gasteiger partial charge in [-0.15, -0.1) is 0 Å². The summed E-state index contributed by atoms with van der Waals surface area (Å²) in [5.41, 5.74) is 0.939. The van der Waals surface area contributed by atoms with Crippen LogP contribution in [-0.2, 0) is 4.79 Å². The van der Waals surface area contributed by atoms with Crippen molar-refractivity contribution in [1.82, 2.24) is 0 Å². The third-order valence-electron chi connectivity index (χ3n) is 2.31. The molecular formula is C12H9NO3. The Bertz CT molecular complexity index is 563. The summed E-state index contributed by atoms with van der Waals surface area (Å²) in [5, 5.41) is 13.1. The van der Waals surface area contributed by atoms with Gasteiger partial charge in [-0.1, -0.05) is 12.1 Å². The van der Waals surface area contributed by atoms with Crippen molar-refractivity contribution in [2.75, 3.05) is 5.32 Å². The molecular weight excluding hydrogens is 206 g/mol. The number of anilines is 1. The van der Waals surface area contributed by atoms with E-state index in [2.05, 4.69) is 5.32 Å². The lowest BCUT2D eigenvalue weighted by Gasteiger charge is -2.03. The number of nitrogens with one attached hydrogen (secondary N) is 1. The van der Waals surface area contributed by atoms with Gasteiger partial charge in [0.15, 0.2) is 0 Å². The summed E-state index contributed by atoms with van der Waals surface area (Å²) in [6, 6.07) is 10.1. The Morgan fingerprint density at radius 3 is 2.50 bits per heavy atom. The largest absolute Gasteiger partial charge is 0.478 e. The van der Waals surface area contributed by atoms with Gasteiger partial charge < -0.3 is 10.4 Å². The monoisotopic (exact) mass is 215 g/mol. The minimum atomic E-state index is -0.947. The maximum absolute atomic E-state index is 10.8. The van der Waals surface area contributed by atoms with Crippen LogP contribution in [0.2, 0.25) is 0 Å². The molecule has 0 radical (unpaired) electrons. The number of carboxylic acid groups (broad SMARTS) is 1. The van der Waals surface area contributed by atoms with Gasteiger partial charge in [0.2, 0.25) is 6.41 Å². The Labute approximate surface area is 91.5 Å². The van der Waals surface area contributed by atoms with Crippen LogP contribution in [0.25, 0.3) is 10.8 Å². The molecule has 0 spiro atoms. The van der Waals surface area contributed by atoms with E-state index in [0.717, 1.165) is 10.8 Å². The van der Waals surface area contributed by atoms with Crippen LogP contribution in [0.4, 0.5) is 5.69 Å². The molecule has 2 aromatic rings. The lowest BCUT2D eigenvalue weighted by Crippen LogP contribution is -1.96. The summed E-state index contributed by atoms with van der Waals surface area (Å²) >= 11 is 0. The van der Waals surface area contributed by atoms with Crippen molar-refractivity contribution >= 4 is 28.8 Å². The molecule has 80 valence electrons. The second-order valence-electron chi connectivity index (χ2n) is 3.34. The maximum atomic E-state index is 10.8. The average molecular weight is 215 g/mol. The fraction of sp³-hybridized carbons (Fsp3) is 0. The Morgan fingerprint density at radius 1 is 1.12 bits per heavy atom. The van der Waals surface area contributed by atoms with Crippen LogP contribution in [0.5, 0.6) is 0 Å². The molecule has 2 rings (SSSR count). The molecule has 0 aliphatic rings. The SMILES string of the molecule is O=CNc1ccc2cc(C(=O)O)ccc2c1. The smallest absolute Gasteiger partial charge is 0.335 e. The summed E-state index contributed by atoms with van der Waals surface area (Å²) in [4.78, 5) is 21.0. The van der Waals surface area contributed by atoms with Gasteiger partial charge in [-0.3, -0.25) is 4.79 Å². The highest BCUT2D eigenvalue weighted by molar-refractivity contribution is 5.95. The molecule has 1 amide bonds. The van der Waals surface area contributed by atoms with Crippen LogP contribution in [-0.4, -0.2) is 17.5 Å². The first-order valence-electron chi connectivity index (χ1n) is 4.68. The predicted octanol–water partition coefficient (Wildman–Crippen LogP) is 2.11. The molecule has 0 aliphatic heterocycles. The fourth-order valence-corrected chi connectivity index (χ4v) is 1.54. The van der Waals surface area contributed by atoms with Crippen molar-refractivity contribution in [2.45, 2.75) is 0 Å². The van der Waals surface area contributed by atoms with Gasteiger partial charge in [0.05, 0.1) is 5.56 Å². The standard InChI is InChI=1S/C12H9NO3/c14-7-13-11-4-3-8-5-10(12(15)16)2-1-9(8)6-11/h1-7H,(H,13,14)(H,15,16). The number of fused-ring (bicyclic) bond motifs is 1. The van der Waals surface area contributed by atoms with Crippen molar-refractivity contribution in [3.63, 3.8) is 0 Å². The number of hydrogen-bond donors (Lipinski definition) is 2. The van der Waals surface area contributed by atoms with Gasteiger partial charge in [-0.25, -0.2) is 4.79 Å². The number of carbonyl (C=O) groups excluding carboxylic acids is 1. The molecule has 0 atom stereocenters. The molecule has 4 heteroatoms. The lowest BCUT2D eigenvalue weighted by molar-refractivity contribution is -0.105. The molecule has 0 fully saturated rings. The van der Waals surface area contributed by atoms with Crippen molar-refractivity contribution in [3.05, 3.63) is 42.0 Å². The first-order chi connectivity index (χ1) is 7.70. The normalized spacial score (nSPS) is 10.0. The minimum absolute atomic E-state index is 0.253. The predicted molar refractivity (Wildman–Crippen MR) is 60.6 cm³/mol. The molecule has 16 heavy (non-hydrogen) atoms. The molecule has 0 aromatic heterocycles. The van der Waals surface area contributed by atoms with Gasteiger partial charge in [-0.2, -0.15) is 0 Å². The second kappa shape index (κ2) is 4.02. The van der Waals surface area contributed by atoms with Crippen LogP contribution in [0.3, 0.4) is 0 Å². The first-order valence-corrected chi connectivity index (χ1v) is 4.68. The van der Waals surface area contributed by atoms with E-state index in [0.29, 0.717) is 12.1 Å². The van der Waals surface area contributed by atoms with E-state index < -0.39 is 5.97 Å². The van der Waals surface area contributed by atoms with Crippen molar-refractivity contribution in [1.29, 1.82) is 0 Å². The summed E-state index contributed by atoms with van der Waals surface area (Å²) in [6.07, 6.45) is 0.604. The van der Waals surface area contributed by atoms with Crippen molar-refractivity contribution < 1.29 is 14.7 Å². The number of hydrogen-bond acceptors (Lipinski definition) is 2. The van der Waals surface area contributed by atoms with E-state index in [1.54, 1.807) is 30.3 Å². The third-order valence-corrected chi connectivity index (χ3v) is 2.31. The van der Waals surface area contributed by atoms with Gasteiger partial charge in [0.1, 0.15) is 0 Å². The zero-order chi connectivity index (χ0) is 11.5. The fourth-order valence-electron chi connectivity index (χ4n) is 1.54. The van der Waals surface area contributed by atoms with E-state index in [-0.39, 0.29) is 5.56 Å². The van der Waals surface area contributed by atoms with E-state index in [9.17, 15) is 9.59 Å². The molecule has 0 unspecified atom stereocenters. The Balaban J connectivity index is 2.52. The molecule has 0 saturated heterocycles. The van der Waals surface area contributed by atoms with Crippen LogP contribution >= 0.6 is 0 Å². The zero-order valence-corrected chi connectivity index (χ0v) is 8.31. The highest BCUT2D eigenvalue weighted by Crippen LogP contribution is 2.20. The second-order valence-corrected chi connectivity index (χ2v) is 3.34. The quantitative estimate of drug-likeness (QED) is 0.770. The van der Waals surface area contributed by atoms with Crippen LogP contribution in [0, 0.1) is 0 Å². The van der Waals surface area contributed by atoms with Gasteiger partial charge >= 0.3 is 5.97 Å². The average Bonchev–Trinajstić information content (AvgIpc) is 2.28.